The Morgan fingerprint density at radius 1 is 1.26 bits per heavy atom. The van der Waals surface area contributed by atoms with Crippen molar-refractivity contribution in [3.63, 3.8) is 0 Å². The van der Waals surface area contributed by atoms with Crippen LogP contribution in [0.5, 0.6) is 0 Å². The van der Waals surface area contributed by atoms with Crippen molar-refractivity contribution in [3.8, 4) is 6.07 Å². The van der Waals surface area contributed by atoms with Gasteiger partial charge in [-0.05, 0) is 37.5 Å². The molecule has 3 nitrogen and oxygen atoms in total. The van der Waals surface area contributed by atoms with Crippen molar-refractivity contribution in [1.29, 1.82) is 5.26 Å². The average molecular weight is 258 g/mol. The molecule has 1 fully saturated rings. The molecular weight excluding hydrogens is 236 g/mol. The highest BCUT2D eigenvalue weighted by atomic mass is 16.5. The van der Waals surface area contributed by atoms with Gasteiger partial charge in [-0.2, -0.15) is 5.26 Å². The molecule has 0 saturated heterocycles. The predicted molar refractivity (Wildman–Crippen MR) is 75.8 cm³/mol. The van der Waals surface area contributed by atoms with Crippen molar-refractivity contribution in [1.82, 2.24) is 5.32 Å². The predicted octanol–water partition coefficient (Wildman–Crippen LogP) is 3.17. The van der Waals surface area contributed by atoms with E-state index in [0.717, 1.165) is 6.42 Å². The van der Waals surface area contributed by atoms with Crippen molar-refractivity contribution < 1.29 is 4.74 Å². The number of hydrogen-bond donors (Lipinski definition) is 1. The Kier molecular flexibility index (Phi) is 4.95. The smallest absolute Gasteiger partial charge is 0.0991 e. The number of rotatable bonds is 4. The fourth-order valence-electron chi connectivity index (χ4n) is 2.83. The summed E-state index contributed by atoms with van der Waals surface area (Å²) in [6.07, 6.45) is 5.20. The fraction of sp³-hybridized carbons (Fsp3) is 0.562. The SMILES string of the molecule is COC1CCCCC1NC(C)c1ccc(C#N)cc1. The topological polar surface area (TPSA) is 45.0 Å². The molecule has 0 aromatic heterocycles. The quantitative estimate of drug-likeness (QED) is 0.902. The Morgan fingerprint density at radius 2 is 1.95 bits per heavy atom. The van der Waals surface area contributed by atoms with E-state index in [-0.39, 0.29) is 6.04 Å². The standard InChI is InChI=1S/C16H22N2O/c1-12(14-9-7-13(11-17)8-10-14)18-15-5-3-4-6-16(15)19-2/h7-10,12,15-16,18H,3-6H2,1-2H3. The van der Waals surface area contributed by atoms with E-state index in [2.05, 4.69) is 18.3 Å². The first kappa shape index (κ1) is 14.0. The zero-order valence-electron chi connectivity index (χ0n) is 11.7. The van der Waals surface area contributed by atoms with Crippen molar-refractivity contribution >= 4 is 0 Å². The summed E-state index contributed by atoms with van der Waals surface area (Å²) >= 11 is 0. The molecule has 1 saturated carbocycles. The lowest BCUT2D eigenvalue weighted by molar-refractivity contribution is 0.0384. The zero-order valence-corrected chi connectivity index (χ0v) is 11.7. The molecule has 1 aromatic carbocycles. The van der Waals surface area contributed by atoms with E-state index in [1.807, 2.05) is 24.3 Å². The van der Waals surface area contributed by atoms with Gasteiger partial charge >= 0.3 is 0 Å². The van der Waals surface area contributed by atoms with Crippen molar-refractivity contribution in [2.24, 2.45) is 0 Å². The van der Waals surface area contributed by atoms with Gasteiger partial charge in [-0.1, -0.05) is 25.0 Å². The summed E-state index contributed by atoms with van der Waals surface area (Å²) in [4.78, 5) is 0. The van der Waals surface area contributed by atoms with Crippen LogP contribution in [0.3, 0.4) is 0 Å². The molecular formula is C16H22N2O. The molecule has 1 aliphatic rings. The number of benzene rings is 1. The summed E-state index contributed by atoms with van der Waals surface area (Å²) in [5.41, 5.74) is 1.93. The van der Waals surface area contributed by atoms with E-state index < -0.39 is 0 Å². The second-order valence-corrected chi connectivity index (χ2v) is 5.29. The van der Waals surface area contributed by atoms with Gasteiger partial charge in [0.05, 0.1) is 17.7 Å². The molecule has 1 aliphatic carbocycles. The van der Waals surface area contributed by atoms with Gasteiger partial charge in [0.2, 0.25) is 0 Å². The minimum absolute atomic E-state index is 0.286. The Labute approximate surface area is 115 Å². The number of hydrogen-bond acceptors (Lipinski definition) is 3. The van der Waals surface area contributed by atoms with Crippen LogP contribution in [0.2, 0.25) is 0 Å². The molecule has 3 atom stereocenters. The van der Waals surface area contributed by atoms with Crippen molar-refractivity contribution in [2.45, 2.75) is 50.8 Å². The van der Waals surface area contributed by atoms with Crippen LogP contribution >= 0.6 is 0 Å². The van der Waals surface area contributed by atoms with E-state index in [4.69, 9.17) is 10.00 Å². The van der Waals surface area contributed by atoms with Crippen molar-refractivity contribution in [2.75, 3.05) is 7.11 Å². The summed E-state index contributed by atoms with van der Waals surface area (Å²) in [6.45, 7) is 2.17. The van der Waals surface area contributed by atoms with Gasteiger partial charge in [0.15, 0.2) is 0 Å². The van der Waals surface area contributed by atoms with Crippen LogP contribution in [-0.4, -0.2) is 19.3 Å². The van der Waals surface area contributed by atoms with Gasteiger partial charge in [-0.25, -0.2) is 0 Å². The molecule has 0 aliphatic heterocycles. The maximum Gasteiger partial charge on any atom is 0.0991 e. The van der Waals surface area contributed by atoms with Gasteiger partial charge in [0.25, 0.3) is 0 Å². The van der Waals surface area contributed by atoms with E-state index in [0.29, 0.717) is 17.7 Å². The third kappa shape index (κ3) is 3.56. The number of ether oxygens (including phenoxy) is 1. The van der Waals surface area contributed by atoms with Crippen LogP contribution in [-0.2, 0) is 4.74 Å². The number of nitrogens with zero attached hydrogens (tertiary/aromatic N) is 1. The third-order valence-corrected chi connectivity index (χ3v) is 4.01. The summed E-state index contributed by atoms with van der Waals surface area (Å²) in [7, 11) is 1.80. The first-order valence-electron chi connectivity index (χ1n) is 7.03. The average Bonchev–Trinajstić information content (AvgIpc) is 2.48. The monoisotopic (exact) mass is 258 g/mol. The number of nitrogens with one attached hydrogen (secondary N) is 1. The van der Waals surface area contributed by atoms with Crippen molar-refractivity contribution in [3.05, 3.63) is 35.4 Å². The van der Waals surface area contributed by atoms with Crippen LogP contribution in [0.25, 0.3) is 0 Å². The van der Waals surface area contributed by atoms with Gasteiger partial charge in [0, 0.05) is 19.2 Å². The van der Waals surface area contributed by atoms with E-state index >= 15 is 0 Å². The zero-order chi connectivity index (χ0) is 13.7. The highest BCUT2D eigenvalue weighted by Crippen LogP contribution is 2.24. The largest absolute Gasteiger partial charge is 0.380 e. The molecule has 102 valence electrons. The number of nitriles is 1. The molecule has 0 radical (unpaired) electrons. The Morgan fingerprint density at radius 3 is 2.58 bits per heavy atom. The van der Waals surface area contributed by atoms with Gasteiger partial charge in [-0.15, -0.1) is 0 Å². The summed E-state index contributed by atoms with van der Waals surface area (Å²) in [6, 6.07) is 10.7. The molecule has 3 heteroatoms. The second kappa shape index (κ2) is 6.70. The van der Waals surface area contributed by atoms with E-state index in [1.165, 1.54) is 24.8 Å². The minimum Gasteiger partial charge on any atom is -0.380 e. The first-order valence-corrected chi connectivity index (χ1v) is 7.03. The van der Waals surface area contributed by atoms with E-state index in [1.54, 1.807) is 7.11 Å². The molecule has 0 heterocycles. The van der Waals surface area contributed by atoms with Crippen LogP contribution in [0.4, 0.5) is 0 Å². The van der Waals surface area contributed by atoms with Crippen LogP contribution in [0.15, 0.2) is 24.3 Å². The van der Waals surface area contributed by atoms with Gasteiger partial charge in [-0.3, -0.25) is 0 Å². The lowest BCUT2D eigenvalue weighted by atomic mass is 9.91. The number of methoxy groups -OCH3 is 1. The molecule has 19 heavy (non-hydrogen) atoms. The summed E-state index contributed by atoms with van der Waals surface area (Å²) in [5, 5.41) is 12.5. The maximum atomic E-state index is 8.81. The second-order valence-electron chi connectivity index (χ2n) is 5.29. The highest BCUT2D eigenvalue weighted by molar-refractivity contribution is 5.32. The third-order valence-electron chi connectivity index (χ3n) is 4.01. The lowest BCUT2D eigenvalue weighted by Gasteiger charge is -2.33. The molecule has 0 amide bonds. The van der Waals surface area contributed by atoms with Gasteiger partial charge < -0.3 is 10.1 Å². The minimum atomic E-state index is 0.286. The van der Waals surface area contributed by atoms with Crippen LogP contribution in [0, 0.1) is 11.3 Å². The highest BCUT2D eigenvalue weighted by Gasteiger charge is 2.26. The Bertz CT molecular complexity index is 435. The van der Waals surface area contributed by atoms with Gasteiger partial charge in [0.1, 0.15) is 0 Å². The first-order chi connectivity index (χ1) is 9.24. The normalized spacial score (nSPS) is 24.7. The lowest BCUT2D eigenvalue weighted by Crippen LogP contribution is -2.44. The summed E-state index contributed by atoms with van der Waals surface area (Å²) < 4.78 is 5.57. The maximum absolute atomic E-state index is 8.81. The molecule has 1 N–H and O–H groups in total. The molecule has 1 aromatic rings. The van der Waals surface area contributed by atoms with E-state index in [9.17, 15) is 0 Å². The Balaban J connectivity index is 1.99. The molecule has 0 bridgehead atoms. The molecule has 3 unspecified atom stereocenters. The fourth-order valence-corrected chi connectivity index (χ4v) is 2.83. The van der Waals surface area contributed by atoms with Crippen LogP contribution in [0.1, 0.15) is 49.8 Å². The Hall–Kier alpha value is -1.37. The van der Waals surface area contributed by atoms with Crippen LogP contribution < -0.4 is 5.32 Å². The molecule has 0 spiro atoms. The molecule has 2 rings (SSSR count). The summed E-state index contributed by atoms with van der Waals surface area (Å²) in [5.74, 6) is 0.